The highest BCUT2D eigenvalue weighted by Crippen LogP contribution is 2.11. The molecule has 0 bridgehead atoms. The lowest BCUT2D eigenvalue weighted by atomic mass is 10.1. The molecule has 14 heteroatoms. The molecule has 0 aliphatic rings. The van der Waals surface area contributed by atoms with Crippen molar-refractivity contribution in [3.63, 3.8) is 0 Å². The molecular weight excluding hydrogens is 432 g/mol. The number of carbonyl (C=O) groups is 5. The number of aliphatic carboxylic acids is 5. The van der Waals surface area contributed by atoms with Crippen LogP contribution in [-0.2, 0) is 24.0 Å². The van der Waals surface area contributed by atoms with Gasteiger partial charge in [-0.3, -0.25) is 38.7 Å². The van der Waals surface area contributed by atoms with Crippen LogP contribution in [0.25, 0.3) is 0 Å². The third-order valence-corrected chi connectivity index (χ3v) is 4.50. The molecule has 0 aromatic carbocycles. The van der Waals surface area contributed by atoms with E-state index in [-0.39, 0.29) is 32.6 Å². The summed E-state index contributed by atoms with van der Waals surface area (Å²) in [6, 6.07) is -1.02. The molecule has 0 amide bonds. The maximum absolute atomic E-state index is 11.9. The average molecular weight is 464 g/mol. The summed E-state index contributed by atoms with van der Waals surface area (Å²) in [5, 5.41) is 45.6. The number of hydrogen-bond acceptors (Lipinski definition) is 9. The summed E-state index contributed by atoms with van der Waals surface area (Å²) in [6.45, 7) is -2.06. The minimum atomic E-state index is -1.25. The highest BCUT2D eigenvalue weighted by atomic mass is 16.4. The molecule has 0 aliphatic carbocycles. The van der Waals surface area contributed by atoms with E-state index < -0.39 is 62.1 Å². The monoisotopic (exact) mass is 464 g/mol. The van der Waals surface area contributed by atoms with Gasteiger partial charge < -0.3 is 31.3 Å². The lowest BCUT2D eigenvalue weighted by Crippen LogP contribution is -2.50. The van der Waals surface area contributed by atoms with Gasteiger partial charge in [-0.1, -0.05) is 6.42 Å². The van der Waals surface area contributed by atoms with E-state index >= 15 is 0 Å². The summed E-state index contributed by atoms with van der Waals surface area (Å²) in [7, 11) is 0. The molecule has 0 heterocycles. The smallest absolute Gasteiger partial charge is 0.320 e. The minimum Gasteiger partial charge on any atom is -0.480 e. The van der Waals surface area contributed by atoms with E-state index in [1.54, 1.807) is 0 Å². The Morgan fingerprint density at radius 1 is 0.625 bits per heavy atom. The Kier molecular flexibility index (Phi) is 14.5. The highest BCUT2D eigenvalue weighted by molar-refractivity contribution is 5.74. The number of hydrogen-bond donors (Lipinski definition) is 6. The van der Waals surface area contributed by atoms with Gasteiger partial charge in [0.2, 0.25) is 0 Å². The Morgan fingerprint density at radius 2 is 1.00 bits per heavy atom. The molecule has 0 saturated heterocycles. The van der Waals surface area contributed by atoms with Gasteiger partial charge in [-0.2, -0.15) is 0 Å². The Bertz CT molecular complexity index is 573. The maximum Gasteiger partial charge on any atom is 0.320 e. The molecular formula is C18H32N4O10. The van der Waals surface area contributed by atoms with Crippen LogP contribution in [0.1, 0.15) is 19.3 Å². The normalized spacial score (nSPS) is 12.2. The van der Waals surface area contributed by atoms with Crippen LogP contribution in [0.15, 0.2) is 0 Å². The van der Waals surface area contributed by atoms with Gasteiger partial charge in [-0.05, 0) is 19.4 Å². The first-order chi connectivity index (χ1) is 15.0. The number of unbranched alkanes of at least 4 members (excludes halogenated alkanes) is 1. The molecule has 7 N–H and O–H groups in total. The molecule has 0 radical (unpaired) electrons. The van der Waals surface area contributed by atoms with Gasteiger partial charge in [0.25, 0.3) is 0 Å². The van der Waals surface area contributed by atoms with Crippen LogP contribution in [0.2, 0.25) is 0 Å². The van der Waals surface area contributed by atoms with Gasteiger partial charge in [0.15, 0.2) is 0 Å². The summed E-state index contributed by atoms with van der Waals surface area (Å²) >= 11 is 0. The van der Waals surface area contributed by atoms with Crippen molar-refractivity contribution in [2.75, 3.05) is 58.9 Å². The van der Waals surface area contributed by atoms with Gasteiger partial charge in [0.05, 0.1) is 26.2 Å². The van der Waals surface area contributed by atoms with Crippen LogP contribution in [0.5, 0.6) is 0 Å². The van der Waals surface area contributed by atoms with Crippen LogP contribution in [-0.4, -0.2) is 135 Å². The van der Waals surface area contributed by atoms with Crippen molar-refractivity contribution in [1.29, 1.82) is 0 Å². The molecule has 0 aromatic heterocycles. The molecule has 0 spiro atoms. The van der Waals surface area contributed by atoms with E-state index in [0.29, 0.717) is 19.4 Å². The van der Waals surface area contributed by atoms with Crippen molar-refractivity contribution in [1.82, 2.24) is 14.7 Å². The van der Waals surface area contributed by atoms with Gasteiger partial charge in [-0.15, -0.1) is 0 Å². The largest absolute Gasteiger partial charge is 0.480 e. The summed E-state index contributed by atoms with van der Waals surface area (Å²) in [6.07, 6.45) is 1.28. The van der Waals surface area contributed by atoms with Gasteiger partial charge in [0.1, 0.15) is 6.04 Å². The molecule has 0 aliphatic heterocycles. The predicted octanol–water partition coefficient (Wildman–Crippen LogP) is -2.19. The number of rotatable bonds is 20. The van der Waals surface area contributed by atoms with Gasteiger partial charge in [-0.25, -0.2) is 0 Å². The maximum atomic E-state index is 11.9. The standard InChI is InChI=1S/C18H32N4O10/c19-4-2-1-3-13(18(31)32)22(7-5-20(9-14(23)24)10-15(25)26)8-6-21(11-16(27)28)12-17(29)30/h13H,1-12,19H2,(H,23,24)(H,25,26)(H,27,28)(H,29,30)(H,31,32). The second-order valence-corrected chi connectivity index (χ2v) is 7.17. The van der Waals surface area contributed by atoms with E-state index in [1.807, 2.05) is 0 Å². The number of nitrogens with two attached hydrogens (primary N) is 1. The molecule has 184 valence electrons. The van der Waals surface area contributed by atoms with Crippen LogP contribution in [0, 0.1) is 0 Å². The summed E-state index contributed by atoms with van der Waals surface area (Å²) in [5.74, 6) is -6.14. The number of carboxylic acids is 5. The molecule has 0 saturated carbocycles. The Morgan fingerprint density at radius 3 is 1.28 bits per heavy atom. The average Bonchev–Trinajstić information content (AvgIpc) is 2.63. The second-order valence-electron chi connectivity index (χ2n) is 7.17. The van der Waals surface area contributed by atoms with Crippen molar-refractivity contribution in [3.8, 4) is 0 Å². The van der Waals surface area contributed by atoms with Crippen molar-refractivity contribution in [2.24, 2.45) is 5.73 Å². The van der Waals surface area contributed by atoms with Crippen LogP contribution >= 0.6 is 0 Å². The van der Waals surface area contributed by atoms with Gasteiger partial charge >= 0.3 is 29.8 Å². The lowest BCUT2D eigenvalue weighted by molar-refractivity contribution is -0.146. The zero-order valence-corrected chi connectivity index (χ0v) is 17.8. The summed E-state index contributed by atoms with van der Waals surface area (Å²) in [5.41, 5.74) is 5.45. The Hall–Kier alpha value is -2.81. The van der Waals surface area contributed by atoms with Crippen molar-refractivity contribution >= 4 is 29.8 Å². The molecule has 0 aromatic rings. The van der Waals surface area contributed by atoms with Crippen molar-refractivity contribution in [3.05, 3.63) is 0 Å². The Balaban J connectivity index is 5.46. The molecule has 0 rings (SSSR count). The van der Waals surface area contributed by atoms with Gasteiger partial charge in [0, 0.05) is 26.2 Å². The fourth-order valence-electron chi connectivity index (χ4n) is 3.10. The van der Waals surface area contributed by atoms with E-state index in [2.05, 4.69) is 0 Å². The van der Waals surface area contributed by atoms with E-state index in [4.69, 9.17) is 26.2 Å². The summed E-state index contributed by atoms with van der Waals surface area (Å²) < 4.78 is 0. The van der Waals surface area contributed by atoms with Crippen molar-refractivity contribution < 1.29 is 49.5 Å². The third kappa shape index (κ3) is 14.2. The molecule has 32 heavy (non-hydrogen) atoms. The number of nitrogens with zero attached hydrogens (tertiary/aromatic N) is 3. The predicted molar refractivity (Wildman–Crippen MR) is 109 cm³/mol. The van der Waals surface area contributed by atoms with E-state index in [0.717, 1.165) is 9.80 Å². The minimum absolute atomic E-state index is 0.0197. The SMILES string of the molecule is NCCCCC(C(=O)O)N(CCN(CC(=O)O)CC(=O)O)CCN(CC(=O)O)CC(=O)O. The first-order valence-electron chi connectivity index (χ1n) is 9.95. The second kappa shape index (κ2) is 15.9. The quantitative estimate of drug-likeness (QED) is 0.105. The van der Waals surface area contributed by atoms with Crippen LogP contribution in [0.4, 0.5) is 0 Å². The topological polar surface area (TPSA) is 222 Å². The first kappa shape index (κ1) is 29.2. The molecule has 1 unspecified atom stereocenters. The highest BCUT2D eigenvalue weighted by Gasteiger charge is 2.27. The fraction of sp³-hybridized carbons (Fsp3) is 0.722. The molecule has 1 atom stereocenters. The third-order valence-electron chi connectivity index (χ3n) is 4.50. The van der Waals surface area contributed by atoms with E-state index in [1.165, 1.54) is 4.90 Å². The summed E-state index contributed by atoms with van der Waals surface area (Å²) in [4.78, 5) is 59.6. The first-order valence-corrected chi connectivity index (χ1v) is 9.95. The Labute approximate surface area is 184 Å². The zero-order chi connectivity index (χ0) is 24.7. The van der Waals surface area contributed by atoms with Crippen LogP contribution in [0.3, 0.4) is 0 Å². The molecule has 0 fully saturated rings. The fourth-order valence-corrected chi connectivity index (χ4v) is 3.10. The molecule has 14 nitrogen and oxygen atoms in total. The zero-order valence-electron chi connectivity index (χ0n) is 17.8. The van der Waals surface area contributed by atoms with E-state index in [9.17, 15) is 29.1 Å². The lowest BCUT2D eigenvalue weighted by Gasteiger charge is -2.32. The van der Waals surface area contributed by atoms with Crippen LogP contribution < -0.4 is 5.73 Å². The number of carboxylic acid groups (broad SMARTS) is 5. The van der Waals surface area contributed by atoms with Crippen molar-refractivity contribution in [2.45, 2.75) is 25.3 Å².